The van der Waals surface area contributed by atoms with Gasteiger partial charge in [0.05, 0.1) is 25.1 Å². The van der Waals surface area contributed by atoms with Gasteiger partial charge in [-0.25, -0.2) is 4.98 Å². The minimum Gasteiger partial charge on any atom is -0.481 e. The SMILES string of the molecule is COc1cc(Cl)nc(NC(=O)c2ccnnc2)n1. The van der Waals surface area contributed by atoms with Crippen molar-refractivity contribution in [3.05, 3.63) is 35.2 Å². The summed E-state index contributed by atoms with van der Waals surface area (Å²) >= 11 is 5.75. The molecule has 7 nitrogen and oxygen atoms in total. The zero-order valence-corrected chi connectivity index (χ0v) is 10.0. The van der Waals surface area contributed by atoms with Crippen molar-refractivity contribution >= 4 is 23.5 Å². The van der Waals surface area contributed by atoms with E-state index >= 15 is 0 Å². The van der Waals surface area contributed by atoms with Crippen LogP contribution in [0.25, 0.3) is 0 Å². The molecular weight excluding hydrogens is 258 g/mol. The van der Waals surface area contributed by atoms with E-state index < -0.39 is 5.91 Å². The topological polar surface area (TPSA) is 89.9 Å². The molecular formula is C10H8ClN5O2. The third kappa shape index (κ3) is 2.89. The molecule has 0 radical (unpaired) electrons. The van der Waals surface area contributed by atoms with E-state index in [1.54, 1.807) is 0 Å². The molecule has 2 aromatic heterocycles. The number of hydrogen-bond donors (Lipinski definition) is 1. The van der Waals surface area contributed by atoms with Crippen molar-refractivity contribution in [1.29, 1.82) is 0 Å². The van der Waals surface area contributed by atoms with Crippen LogP contribution in [0, 0.1) is 0 Å². The van der Waals surface area contributed by atoms with E-state index in [0.29, 0.717) is 5.56 Å². The van der Waals surface area contributed by atoms with Gasteiger partial charge in [0.25, 0.3) is 5.91 Å². The summed E-state index contributed by atoms with van der Waals surface area (Å²) in [5, 5.41) is 9.82. The van der Waals surface area contributed by atoms with Crippen molar-refractivity contribution in [1.82, 2.24) is 20.2 Å². The molecule has 92 valence electrons. The molecule has 0 bridgehead atoms. The molecule has 2 heterocycles. The average Bonchev–Trinajstić information content (AvgIpc) is 2.39. The van der Waals surface area contributed by atoms with E-state index in [1.165, 1.54) is 31.6 Å². The first-order chi connectivity index (χ1) is 8.69. The standard InChI is InChI=1S/C10H8ClN5O2/c1-18-8-4-7(11)14-10(15-8)16-9(17)6-2-3-12-13-5-6/h2-5H,1H3,(H,14,15,16,17). The Hall–Kier alpha value is -2.28. The quantitative estimate of drug-likeness (QED) is 0.838. The number of carbonyl (C=O) groups is 1. The Balaban J connectivity index is 2.19. The van der Waals surface area contributed by atoms with Crippen LogP contribution in [0.15, 0.2) is 24.5 Å². The smallest absolute Gasteiger partial charge is 0.259 e. The number of amides is 1. The normalized spacial score (nSPS) is 9.89. The second kappa shape index (κ2) is 5.37. The molecule has 1 amide bonds. The Labute approximate surface area is 107 Å². The zero-order chi connectivity index (χ0) is 13.0. The van der Waals surface area contributed by atoms with Gasteiger partial charge in [0.15, 0.2) is 0 Å². The summed E-state index contributed by atoms with van der Waals surface area (Å²) in [7, 11) is 1.44. The molecule has 0 fully saturated rings. The number of carbonyl (C=O) groups excluding carboxylic acids is 1. The minimum absolute atomic E-state index is 0.0566. The first-order valence-electron chi connectivity index (χ1n) is 4.85. The highest BCUT2D eigenvalue weighted by atomic mass is 35.5. The molecule has 0 saturated carbocycles. The molecule has 0 spiro atoms. The van der Waals surface area contributed by atoms with Crippen LogP contribution in [-0.2, 0) is 0 Å². The largest absolute Gasteiger partial charge is 0.481 e. The predicted molar refractivity (Wildman–Crippen MR) is 63.6 cm³/mol. The molecule has 0 unspecified atom stereocenters. The molecule has 2 rings (SSSR count). The number of ether oxygens (including phenoxy) is 1. The third-order valence-corrected chi connectivity index (χ3v) is 2.15. The van der Waals surface area contributed by atoms with Gasteiger partial charge < -0.3 is 4.74 Å². The van der Waals surface area contributed by atoms with Crippen LogP contribution in [0.3, 0.4) is 0 Å². The lowest BCUT2D eigenvalue weighted by Gasteiger charge is -2.05. The number of anilines is 1. The van der Waals surface area contributed by atoms with Crippen molar-refractivity contribution in [2.45, 2.75) is 0 Å². The van der Waals surface area contributed by atoms with Gasteiger partial charge in [0.1, 0.15) is 5.15 Å². The van der Waals surface area contributed by atoms with Gasteiger partial charge in [-0.1, -0.05) is 11.6 Å². The van der Waals surface area contributed by atoms with Crippen LogP contribution in [-0.4, -0.2) is 33.2 Å². The maximum atomic E-state index is 11.8. The van der Waals surface area contributed by atoms with Gasteiger partial charge in [-0.2, -0.15) is 15.2 Å². The monoisotopic (exact) mass is 265 g/mol. The number of rotatable bonds is 3. The fourth-order valence-corrected chi connectivity index (χ4v) is 1.33. The molecule has 0 atom stereocenters. The number of halogens is 1. The molecule has 0 saturated heterocycles. The van der Waals surface area contributed by atoms with Crippen LogP contribution in [0.1, 0.15) is 10.4 Å². The maximum absolute atomic E-state index is 11.8. The van der Waals surface area contributed by atoms with Crippen molar-refractivity contribution in [2.24, 2.45) is 0 Å². The highest BCUT2D eigenvalue weighted by molar-refractivity contribution is 6.29. The average molecular weight is 266 g/mol. The van der Waals surface area contributed by atoms with Crippen molar-refractivity contribution in [3.63, 3.8) is 0 Å². The zero-order valence-electron chi connectivity index (χ0n) is 9.29. The number of nitrogens with zero attached hydrogens (tertiary/aromatic N) is 4. The van der Waals surface area contributed by atoms with Crippen molar-refractivity contribution in [2.75, 3.05) is 12.4 Å². The molecule has 0 aliphatic rings. The summed E-state index contributed by atoms with van der Waals surface area (Å²) < 4.78 is 4.91. The van der Waals surface area contributed by atoms with Crippen LogP contribution in [0.2, 0.25) is 5.15 Å². The van der Waals surface area contributed by atoms with Gasteiger partial charge >= 0.3 is 0 Å². The molecule has 18 heavy (non-hydrogen) atoms. The first-order valence-corrected chi connectivity index (χ1v) is 5.23. The van der Waals surface area contributed by atoms with Crippen LogP contribution in [0.4, 0.5) is 5.95 Å². The summed E-state index contributed by atoms with van der Waals surface area (Å²) in [6, 6.07) is 2.95. The van der Waals surface area contributed by atoms with Gasteiger partial charge in [-0.05, 0) is 6.07 Å². The van der Waals surface area contributed by atoms with E-state index in [4.69, 9.17) is 16.3 Å². The van der Waals surface area contributed by atoms with E-state index in [2.05, 4.69) is 25.5 Å². The number of aromatic nitrogens is 4. The molecule has 0 aliphatic carbocycles. The Kier molecular flexibility index (Phi) is 3.63. The molecule has 8 heteroatoms. The van der Waals surface area contributed by atoms with Gasteiger partial charge in [0.2, 0.25) is 11.8 Å². The second-order valence-electron chi connectivity index (χ2n) is 3.14. The van der Waals surface area contributed by atoms with E-state index in [9.17, 15) is 4.79 Å². The van der Waals surface area contributed by atoms with Gasteiger partial charge in [-0.15, -0.1) is 0 Å². The lowest BCUT2D eigenvalue weighted by atomic mass is 10.3. The summed E-state index contributed by atoms with van der Waals surface area (Å²) in [4.78, 5) is 19.6. The van der Waals surface area contributed by atoms with Crippen LogP contribution in [0.5, 0.6) is 5.88 Å². The Bertz CT molecular complexity index is 563. The van der Waals surface area contributed by atoms with Gasteiger partial charge in [-0.3, -0.25) is 10.1 Å². The summed E-state index contributed by atoms with van der Waals surface area (Å²) in [5.74, 6) is -0.0893. The van der Waals surface area contributed by atoms with Crippen LogP contribution >= 0.6 is 11.6 Å². The van der Waals surface area contributed by atoms with Crippen LogP contribution < -0.4 is 10.1 Å². The predicted octanol–water partition coefficient (Wildman–Crippen LogP) is 1.18. The Morgan fingerprint density at radius 3 is 2.89 bits per heavy atom. The molecule has 2 aromatic rings. The molecule has 0 aliphatic heterocycles. The highest BCUT2D eigenvalue weighted by Crippen LogP contribution is 2.16. The number of methoxy groups -OCH3 is 1. The fraction of sp³-hybridized carbons (Fsp3) is 0.100. The Morgan fingerprint density at radius 2 is 2.22 bits per heavy atom. The van der Waals surface area contributed by atoms with E-state index in [1.807, 2.05) is 0 Å². The summed E-state index contributed by atoms with van der Waals surface area (Å²) in [5.41, 5.74) is 0.340. The molecule has 1 N–H and O–H groups in total. The van der Waals surface area contributed by atoms with E-state index in [0.717, 1.165) is 0 Å². The highest BCUT2D eigenvalue weighted by Gasteiger charge is 2.10. The maximum Gasteiger partial charge on any atom is 0.259 e. The van der Waals surface area contributed by atoms with Crippen molar-refractivity contribution in [3.8, 4) is 5.88 Å². The number of hydrogen-bond acceptors (Lipinski definition) is 6. The lowest BCUT2D eigenvalue weighted by molar-refractivity contribution is 0.102. The minimum atomic E-state index is -0.408. The molecule has 0 aromatic carbocycles. The first kappa shape index (κ1) is 12.2. The summed E-state index contributed by atoms with van der Waals surface area (Å²) in [6.07, 6.45) is 2.74. The number of nitrogens with one attached hydrogen (secondary N) is 1. The summed E-state index contributed by atoms with van der Waals surface area (Å²) in [6.45, 7) is 0. The second-order valence-corrected chi connectivity index (χ2v) is 3.53. The Morgan fingerprint density at radius 1 is 1.39 bits per heavy atom. The van der Waals surface area contributed by atoms with Crippen molar-refractivity contribution < 1.29 is 9.53 Å². The lowest BCUT2D eigenvalue weighted by Crippen LogP contribution is -2.14. The van der Waals surface area contributed by atoms with Gasteiger partial charge in [0, 0.05) is 6.07 Å². The fourth-order valence-electron chi connectivity index (χ4n) is 1.16. The van der Waals surface area contributed by atoms with E-state index in [-0.39, 0.29) is 17.0 Å². The third-order valence-electron chi connectivity index (χ3n) is 1.95.